The van der Waals surface area contributed by atoms with Crippen molar-refractivity contribution in [2.75, 3.05) is 19.6 Å². The Morgan fingerprint density at radius 1 is 1.50 bits per heavy atom. The molecule has 2 rings (SSSR count). The maximum absolute atomic E-state index is 12.5. The number of aromatic nitrogens is 1. The van der Waals surface area contributed by atoms with Gasteiger partial charge in [-0.3, -0.25) is 4.79 Å². The van der Waals surface area contributed by atoms with E-state index in [0.29, 0.717) is 19.6 Å². The number of hydrogen-bond donors (Lipinski definition) is 2. The minimum absolute atomic E-state index is 0. The van der Waals surface area contributed by atoms with Crippen molar-refractivity contribution >= 4 is 28.3 Å². The molecule has 7 nitrogen and oxygen atoms in total. The molecule has 1 aromatic heterocycles. The van der Waals surface area contributed by atoms with E-state index in [2.05, 4.69) is 5.32 Å². The molecule has 20 heavy (non-hydrogen) atoms. The predicted octanol–water partition coefficient (Wildman–Crippen LogP) is -0.472. The molecule has 0 unspecified atom stereocenters. The lowest BCUT2D eigenvalue weighted by Crippen LogP contribution is -2.52. The second-order valence-corrected chi connectivity index (χ2v) is 6.60. The molecule has 1 fully saturated rings. The van der Waals surface area contributed by atoms with Crippen molar-refractivity contribution in [2.24, 2.45) is 12.8 Å². The van der Waals surface area contributed by atoms with Gasteiger partial charge < -0.3 is 15.6 Å². The highest BCUT2D eigenvalue weighted by molar-refractivity contribution is 7.89. The van der Waals surface area contributed by atoms with Gasteiger partial charge in [-0.05, 0) is 13.0 Å². The van der Waals surface area contributed by atoms with Gasteiger partial charge in [0.1, 0.15) is 10.6 Å². The summed E-state index contributed by atoms with van der Waals surface area (Å²) in [4.78, 5) is 11.3. The highest BCUT2D eigenvalue weighted by Gasteiger charge is 2.32. The average molecular weight is 323 g/mol. The molecule has 1 aliphatic heterocycles. The van der Waals surface area contributed by atoms with Crippen molar-refractivity contribution in [3.63, 3.8) is 0 Å². The number of piperazine rings is 1. The van der Waals surface area contributed by atoms with E-state index in [1.54, 1.807) is 7.05 Å². The molecule has 1 atom stereocenters. The fourth-order valence-electron chi connectivity index (χ4n) is 2.24. The number of rotatable bonds is 3. The first-order valence-electron chi connectivity index (χ1n) is 6.03. The van der Waals surface area contributed by atoms with Gasteiger partial charge in [0.05, 0.1) is 0 Å². The molecule has 1 saturated heterocycles. The van der Waals surface area contributed by atoms with Gasteiger partial charge in [-0.1, -0.05) is 0 Å². The summed E-state index contributed by atoms with van der Waals surface area (Å²) >= 11 is 0. The van der Waals surface area contributed by atoms with Crippen LogP contribution in [0.25, 0.3) is 0 Å². The second kappa shape index (κ2) is 6.13. The van der Waals surface area contributed by atoms with E-state index in [1.807, 2.05) is 6.92 Å². The quantitative estimate of drug-likeness (QED) is 0.786. The summed E-state index contributed by atoms with van der Waals surface area (Å²) in [5.41, 5.74) is 5.38. The number of nitrogens with two attached hydrogens (primary N) is 1. The van der Waals surface area contributed by atoms with Crippen LogP contribution in [0.1, 0.15) is 17.4 Å². The van der Waals surface area contributed by atoms with Crippen LogP contribution in [0.2, 0.25) is 0 Å². The lowest BCUT2D eigenvalue weighted by atomic mass is 10.3. The standard InChI is InChI=1S/C11H18N4O3S.ClH/c1-8-6-13-3-4-15(8)19(17,18)9-5-10(11(12)16)14(2)7-9;/h5,7-8,13H,3-4,6H2,1-2H3,(H2,12,16);1H/t8-;/m1./s1. The number of carbonyl (C=O) groups is 1. The molecule has 1 aliphatic rings. The van der Waals surface area contributed by atoms with E-state index in [0.717, 1.165) is 0 Å². The van der Waals surface area contributed by atoms with Gasteiger partial charge in [-0.25, -0.2) is 8.42 Å². The average Bonchev–Trinajstić information content (AvgIpc) is 2.72. The summed E-state index contributed by atoms with van der Waals surface area (Å²) in [6, 6.07) is 1.21. The molecule has 1 amide bonds. The van der Waals surface area contributed by atoms with Crippen LogP contribution < -0.4 is 11.1 Å². The predicted molar refractivity (Wildman–Crippen MR) is 77.4 cm³/mol. The first-order chi connectivity index (χ1) is 8.84. The van der Waals surface area contributed by atoms with Crippen LogP contribution in [0.15, 0.2) is 17.2 Å². The van der Waals surface area contributed by atoms with Gasteiger partial charge in [-0.15, -0.1) is 12.4 Å². The third kappa shape index (κ3) is 2.98. The molecule has 2 heterocycles. The normalized spacial score (nSPS) is 20.4. The summed E-state index contributed by atoms with van der Waals surface area (Å²) < 4.78 is 27.9. The van der Waals surface area contributed by atoms with Crippen molar-refractivity contribution < 1.29 is 13.2 Å². The Hall–Kier alpha value is -1.09. The third-order valence-electron chi connectivity index (χ3n) is 3.28. The molecule has 0 spiro atoms. The maximum Gasteiger partial charge on any atom is 0.265 e. The highest BCUT2D eigenvalue weighted by atomic mass is 35.5. The Kier molecular flexibility index (Phi) is 5.20. The number of aryl methyl sites for hydroxylation is 1. The summed E-state index contributed by atoms with van der Waals surface area (Å²) in [6.07, 6.45) is 1.42. The number of halogens is 1. The highest BCUT2D eigenvalue weighted by Crippen LogP contribution is 2.21. The minimum Gasteiger partial charge on any atom is -0.364 e. The van der Waals surface area contributed by atoms with Crippen LogP contribution in [0.5, 0.6) is 0 Å². The summed E-state index contributed by atoms with van der Waals surface area (Å²) in [5.74, 6) is -0.641. The van der Waals surface area contributed by atoms with Crippen molar-refractivity contribution in [2.45, 2.75) is 17.9 Å². The van der Waals surface area contributed by atoms with E-state index in [-0.39, 0.29) is 29.0 Å². The summed E-state index contributed by atoms with van der Waals surface area (Å²) in [5, 5.41) is 3.14. The van der Waals surface area contributed by atoms with Crippen molar-refractivity contribution in [3.05, 3.63) is 18.0 Å². The second-order valence-electron chi connectivity index (χ2n) is 4.71. The van der Waals surface area contributed by atoms with E-state index in [9.17, 15) is 13.2 Å². The lowest BCUT2D eigenvalue weighted by Gasteiger charge is -2.32. The van der Waals surface area contributed by atoms with E-state index >= 15 is 0 Å². The molecular formula is C11H19ClN4O3S. The number of hydrogen-bond acceptors (Lipinski definition) is 4. The summed E-state index contributed by atoms with van der Waals surface area (Å²) in [6.45, 7) is 3.51. The topological polar surface area (TPSA) is 97.4 Å². The summed E-state index contributed by atoms with van der Waals surface area (Å²) in [7, 11) is -1.98. The van der Waals surface area contributed by atoms with Crippen molar-refractivity contribution in [3.8, 4) is 0 Å². The Morgan fingerprint density at radius 2 is 2.15 bits per heavy atom. The zero-order valence-electron chi connectivity index (χ0n) is 11.4. The zero-order valence-corrected chi connectivity index (χ0v) is 13.0. The van der Waals surface area contributed by atoms with Gasteiger partial charge >= 0.3 is 0 Å². The molecular weight excluding hydrogens is 304 g/mol. The number of primary amides is 1. The smallest absolute Gasteiger partial charge is 0.265 e. The fraction of sp³-hybridized carbons (Fsp3) is 0.545. The zero-order chi connectivity index (χ0) is 14.2. The number of nitrogens with one attached hydrogen (secondary N) is 1. The molecule has 0 aliphatic carbocycles. The third-order valence-corrected chi connectivity index (χ3v) is 5.26. The van der Waals surface area contributed by atoms with E-state index < -0.39 is 15.9 Å². The fourth-order valence-corrected chi connectivity index (χ4v) is 3.94. The first-order valence-corrected chi connectivity index (χ1v) is 7.47. The maximum atomic E-state index is 12.5. The van der Waals surface area contributed by atoms with Gasteiger partial charge in [0, 0.05) is 38.9 Å². The Balaban J connectivity index is 0.00000200. The minimum atomic E-state index is -3.58. The number of nitrogens with zero attached hydrogens (tertiary/aromatic N) is 2. The van der Waals surface area contributed by atoms with Crippen LogP contribution in [0.4, 0.5) is 0 Å². The van der Waals surface area contributed by atoms with Crippen LogP contribution in [0, 0.1) is 0 Å². The van der Waals surface area contributed by atoms with Crippen LogP contribution in [-0.4, -0.2) is 48.9 Å². The van der Waals surface area contributed by atoms with E-state index in [1.165, 1.54) is 21.1 Å². The van der Waals surface area contributed by atoms with Gasteiger partial charge in [0.25, 0.3) is 5.91 Å². The Morgan fingerprint density at radius 3 is 2.65 bits per heavy atom. The van der Waals surface area contributed by atoms with Gasteiger partial charge in [-0.2, -0.15) is 4.31 Å². The molecule has 3 N–H and O–H groups in total. The molecule has 1 aromatic rings. The molecule has 0 saturated carbocycles. The SMILES string of the molecule is C[C@@H]1CNCCN1S(=O)(=O)c1cc(C(N)=O)n(C)c1.Cl. The molecule has 114 valence electrons. The van der Waals surface area contributed by atoms with Gasteiger partial charge in [0.2, 0.25) is 10.0 Å². The van der Waals surface area contributed by atoms with E-state index in [4.69, 9.17) is 5.73 Å². The van der Waals surface area contributed by atoms with Crippen molar-refractivity contribution in [1.29, 1.82) is 0 Å². The monoisotopic (exact) mass is 322 g/mol. The Labute approximate surface area is 124 Å². The molecule has 0 aromatic carbocycles. The van der Waals surface area contributed by atoms with Crippen LogP contribution >= 0.6 is 12.4 Å². The number of amides is 1. The number of sulfonamides is 1. The van der Waals surface area contributed by atoms with Gasteiger partial charge in [0.15, 0.2) is 0 Å². The lowest BCUT2D eigenvalue weighted by molar-refractivity contribution is 0.0992. The molecule has 9 heteroatoms. The van der Waals surface area contributed by atoms with Crippen LogP contribution in [-0.2, 0) is 17.1 Å². The number of carbonyl (C=O) groups excluding carboxylic acids is 1. The van der Waals surface area contributed by atoms with Crippen LogP contribution in [0.3, 0.4) is 0 Å². The first kappa shape index (κ1) is 17.0. The molecule has 0 bridgehead atoms. The van der Waals surface area contributed by atoms with Crippen molar-refractivity contribution in [1.82, 2.24) is 14.2 Å². The largest absolute Gasteiger partial charge is 0.364 e. The molecule has 0 radical (unpaired) electrons. The Bertz CT molecular complexity index is 599.